The van der Waals surface area contributed by atoms with Gasteiger partial charge in [0.1, 0.15) is 0 Å². The van der Waals surface area contributed by atoms with E-state index in [1.54, 1.807) is 6.92 Å². The second kappa shape index (κ2) is 7.37. The summed E-state index contributed by atoms with van der Waals surface area (Å²) in [5.74, 6) is 0.531. The molecule has 1 unspecified atom stereocenters. The molecule has 1 N–H and O–H groups in total. The molecule has 0 heterocycles. The quantitative estimate of drug-likeness (QED) is 0.827. The first kappa shape index (κ1) is 15.0. The van der Waals surface area contributed by atoms with Crippen molar-refractivity contribution in [2.75, 3.05) is 11.5 Å². The highest BCUT2D eigenvalue weighted by Gasteiger charge is 2.18. The van der Waals surface area contributed by atoms with Crippen molar-refractivity contribution in [2.24, 2.45) is 0 Å². The van der Waals surface area contributed by atoms with Crippen molar-refractivity contribution in [3.63, 3.8) is 0 Å². The molecule has 4 heteroatoms. The minimum Gasteiger partial charge on any atom is -0.310 e. The van der Waals surface area contributed by atoms with E-state index in [0.29, 0.717) is 6.04 Å². The topological polar surface area (TPSA) is 46.2 Å². The fourth-order valence-corrected chi connectivity index (χ4v) is 3.67. The Morgan fingerprint density at radius 3 is 2.18 bits per heavy atom. The third-order valence-corrected chi connectivity index (χ3v) is 5.46. The van der Waals surface area contributed by atoms with Crippen LogP contribution in [0.15, 0.2) is 0 Å². The SMILES string of the molecule is CCS(=O)(=O)CC(C)NC1CCCCCCC1. The zero-order valence-electron chi connectivity index (χ0n) is 11.2. The van der Waals surface area contributed by atoms with Crippen molar-refractivity contribution in [3.05, 3.63) is 0 Å². The van der Waals surface area contributed by atoms with Crippen molar-refractivity contribution in [1.82, 2.24) is 5.32 Å². The Kier molecular flexibility index (Phi) is 6.49. The monoisotopic (exact) mass is 261 g/mol. The Morgan fingerprint density at radius 2 is 1.65 bits per heavy atom. The van der Waals surface area contributed by atoms with E-state index < -0.39 is 9.84 Å². The van der Waals surface area contributed by atoms with Crippen LogP contribution in [0.5, 0.6) is 0 Å². The number of nitrogens with one attached hydrogen (secondary N) is 1. The molecule has 102 valence electrons. The Labute approximate surface area is 106 Å². The van der Waals surface area contributed by atoms with Gasteiger partial charge in [-0.05, 0) is 19.8 Å². The average Bonchev–Trinajstić information content (AvgIpc) is 2.21. The Morgan fingerprint density at radius 1 is 1.12 bits per heavy atom. The highest BCUT2D eigenvalue weighted by molar-refractivity contribution is 7.91. The summed E-state index contributed by atoms with van der Waals surface area (Å²) in [5, 5.41) is 3.50. The summed E-state index contributed by atoms with van der Waals surface area (Å²) in [4.78, 5) is 0. The van der Waals surface area contributed by atoms with Gasteiger partial charge in [0.05, 0.1) is 5.75 Å². The van der Waals surface area contributed by atoms with Gasteiger partial charge in [-0.1, -0.05) is 39.0 Å². The lowest BCUT2D eigenvalue weighted by Crippen LogP contribution is -2.41. The van der Waals surface area contributed by atoms with Gasteiger partial charge >= 0.3 is 0 Å². The molecule has 1 aliphatic rings. The van der Waals surface area contributed by atoms with Crippen LogP contribution in [0.3, 0.4) is 0 Å². The van der Waals surface area contributed by atoms with E-state index in [2.05, 4.69) is 5.32 Å². The minimum absolute atomic E-state index is 0.0874. The molecule has 0 aromatic heterocycles. The summed E-state index contributed by atoms with van der Waals surface area (Å²) in [7, 11) is -2.85. The van der Waals surface area contributed by atoms with E-state index in [0.717, 1.165) is 0 Å². The molecule has 1 aliphatic carbocycles. The van der Waals surface area contributed by atoms with E-state index in [1.165, 1.54) is 44.9 Å². The summed E-state index contributed by atoms with van der Waals surface area (Å²) in [5.41, 5.74) is 0. The molecule has 1 saturated carbocycles. The summed E-state index contributed by atoms with van der Waals surface area (Å²) in [6.07, 6.45) is 9.01. The van der Waals surface area contributed by atoms with E-state index >= 15 is 0 Å². The summed E-state index contributed by atoms with van der Waals surface area (Å²) in [6, 6.07) is 0.613. The van der Waals surface area contributed by atoms with Crippen molar-refractivity contribution >= 4 is 9.84 Å². The smallest absolute Gasteiger partial charge is 0.151 e. The summed E-state index contributed by atoms with van der Waals surface area (Å²) < 4.78 is 23.1. The average molecular weight is 261 g/mol. The van der Waals surface area contributed by atoms with Crippen LogP contribution >= 0.6 is 0 Å². The zero-order chi connectivity index (χ0) is 12.7. The van der Waals surface area contributed by atoms with Gasteiger partial charge in [0.2, 0.25) is 0 Å². The first-order valence-electron chi connectivity index (χ1n) is 7.00. The standard InChI is InChI=1S/C13H27NO2S/c1-3-17(15,16)11-12(2)14-13-9-7-5-4-6-8-10-13/h12-14H,3-11H2,1-2H3. The summed E-state index contributed by atoms with van der Waals surface area (Å²) in [6.45, 7) is 3.71. The van der Waals surface area contributed by atoms with E-state index in [-0.39, 0.29) is 17.5 Å². The maximum Gasteiger partial charge on any atom is 0.151 e. The molecule has 0 saturated heterocycles. The number of hydrogen-bond donors (Lipinski definition) is 1. The largest absolute Gasteiger partial charge is 0.310 e. The van der Waals surface area contributed by atoms with Crippen LogP contribution in [-0.2, 0) is 9.84 Å². The molecule has 1 rings (SSSR count). The van der Waals surface area contributed by atoms with Crippen LogP contribution < -0.4 is 5.32 Å². The Bertz CT molecular complexity index is 293. The van der Waals surface area contributed by atoms with Gasteiger partial charge in [-0.3, -0.25) is 0 Å². The Hall–Kier alpha value is -0.0900. The number of rotatable bonds is 5. The molecule has 3 nitrogen and oxygen atoms in total. The van der Waals surface area contributed by atoms with Gasteiger partial charge in [0.15, 0.2) is 9.84 Å². The zero-order valence-corrected chi connectivity index (χ0v) is 12.1. The molecule has 1 atom stereocenters. The second-order valence-electron chi connectivity index (χ2n) is 5.31. The first-order valence-corrected chi connectivity index (χ1v) is 8.82. The van der Waals surface area contributed by atoms with Gasteiger partial charge in [-0.15, -0.1) is 0 Å². The highest BCUT2D eigenvalue weighted by Crippen LogP contribution is 2.17. The second-order valence-corrected chi connectivity index (χ2v) is 7.71. The van der Waals surface area contributed by atoms with Gasteiger partial charge in [0, 0.05) is 17.8 Å². The van der Waals surface area contributed by atoms with Crippen molar-refractivity contribution in [3.8, 4) is 0 Å². The third-order valence-electron chi connectivity index (χ3n) is 3.57. The minimum atomic E-state index is -2.85. The van der Waals surface area contributed by atoms with E-state index in [4.69, 9.17) is 0 Å². The fourth-order valence-electron chi connectivity index (χ4n) is 2.57. The fraction of sp³-hybridized carbons (Fsp3) is 1.00. The lowest BCUT2D eigenvalue weighted by Gasteiger charge is -2.25. The van der Waals surface area contributed by atoms with Crippen LogP contribution in [-0.4, -0.2) is 32.0 Å². The highest BCUT2D eigenvalue weighted by atomic mass is 32.2. The molecule has 0 aliphatic heterocycles. The van der Waals surface area contributed by atoms with Gasteiger partial charge < -0.3 is 5.32 Å². The van der Waals surface area contributed by atoms with Crippen LogP contribution in [0, 0.1) is 0 Å². The van der Waals surface area contributed by atoms with Crippen LogP contribution in [0.25, 0.3) is 0 Å². The molecule has 0 radical (unpaired) electrons. The molecule has 0 amide bonds. The number of hydrogen-bond acceptors (Lipinski definition) is 3. The van der Waals surface area contributed by atoms with Gasteiger partial charge in [-0.25, -0.2) is 8.42 Å². The normalized spacial score (nSPS) is 21.8. The van der Waals surface area contributed by atoms with E-state index in [9.17, 15) is 8.42 Å². The molecule has 1 fully saturated rings. The Balaban J connectivity index is 2.35. The van der Waals surface area contributed by atoms with Gasteiger partial charge in [-0.2, -0.15) is 0 Å². The van der Waals surface area contributed by atoms with Crippen LogP contribution in [0.2, 0.25) is 0 Å². The molecule has 0 bridgehead atoms. The van der Waals surface area contributed by atoms with Crippen molar-refractivity contribution in [1.29, 1.82) is 0 Å². The van der Waals surface area contributed by atoms with Crippen LogP contribution in [0.1, 0.15) is 58.8 Å². The first-order chi connectivity index (χ1) is 8.03. The van der Waals surface area contributed by atoms with Crippen molar-refractivity contribution < 1.29 is 8.42 Å². The predicted octanol–water partition coefficient (Wildman–Crippen LogP) is 2.51. The lowest BCUT2D eigenvalue weighted by molar-refractivity contribution is 0.368. The van der Waals surface area contributed by atoms with Gasteiger partial charge in [0.25, 0.3) is 0 Å². The maximum absolute atomic E-state index is 11.5. The molecule has 0 spiro atoms. The van der Waals surface area contributed by atoms with Crippen LogP contribution in [0.4, 0.5) is 0 Å². The molecule has 17 heavy (non-hydrogen) atoms. The lowest BCUT2D eigenvalue weighted by atomic mass is 9.96. The third kappa shape index (κ3) is 6.41. The number of sulfone groups is 1. The molecular formula is C13H27NO2S. The molecule has 0 aromatic rings. The predicted molar refractivity (Wildman–Crippen MR) is 73.0 cm³/mol. The van der Waals surface area contributed by atoms with E-state index in [1.807, 2.05) is 6.92 Å². The maximum atomic E-state index is 11.5. The molecule has 0 aromatic carbocycles. The molecular weight excluding hydrogens is 234 g/mol. The summed E-state index contributed by atoms with van der Waals surface area (Å²) >= 11 is 0. The van der Waals surface area contributed by atoms with Crippen molar-refractivity contribution in [2.45, 2.75) is 70.9 Å².